The van der Waals surface area contributed by atoms with Gasteiger partial charge in [0, 0.05) is 19.3 Å². The first-order valence-corrected chi connectivity index (χ1v) is 37.5. The molecule has 0 N–H and O–H groups in total. The summed E-state index contributed by atoms with van der Waals surface area (Å²) >= 11 is 0. The Kier molecular flexibility index (Phi) is 70.0. The summed E-state index contributed by atoms with van der Waals surface area (Å²) in [6.45, 7) is 6.70. The Balaban J connectivity index is 4.19. The molecule has 0 aromatic heterocycles. The highest BCUT2D eigenvalue weighted by Crippen LogP contribution is 2.19. The third kappa shape index (κ3) is 70.3. The van der Waals surface area contributed by atoms with Crippen molar-refractivity contribution in [2.75, 3.05) is 13.2 Å². The SMILES string of the molecule is CCCCCCC/C=C\C/C=C\C/C=C\CCCCCCCCCCC(=O)OC(COC(=O)CCCCCCCCCCCCCCC)COC(=O)CCCCCCCCCCCCCCCCCCCCCCCCCCCCCCC. The van der Waals surface area contributed by atoms with Gasteiger partial charge in [0.1, 0.15) is 13.2 Å². The molecular weight excluding hydrogens is 1020 g/mol. The van der Waals surface area contributed by atoms with E-state index in [0.717, 1.165) is 77.0 Å². The van der Waals surface area contributed by atoms with Crippen LogP contribution in [-0.4, -0.2) is 37.2 Å². The number of esters is 3. The van der Waals surface area contributed by atoms with E-state index in [2.05, 4.69) is 57.2 Å². The lowest BCUT2D eigenvalue weighted by Gasteiger charge is -2.18. The van der Waals surface area contributed by atoms with Gasteiger partial charge >= 0.3 is 17.9 Å². The van der Waals surface area contributed by atoms with Crippen LogP contribution in [0.25, 0.3) is 0 Å². The van der Waals surface area contributed by atoms with Gasteiger partial charge in [0.25, 0.3) is 0 Å². The van der Waals surface area contributed by atoms with Gasteiger partial charge in [-0.1, -0.05) is 378 Å². The van der Waals surface area contributed by atoms with Gasteiger partial charge in [-0.25, -0.2) is 0 Å². The van der Waals surface area contributed by atoms with E-state index in [1.54, 1.807) is 0 Å². The third-order valence-corrected chi connectivity index (χ3v) is 17.1. The van der Waals surface area contributed by atoms with E-state index in [1.165, 1.54) is 302 Å². The minimum Gasteiger partial charge on any atom is -0.462 e. The number of carbonyl (C=O) groups excluding carboxylic acids is 3. The molecule has 0 amide bonds. The molecule has 0 spiro atoms. The standard InChI is InChI=1S/C77H144O6/c1-4-7-10-13-16-19-22-25-27-29-31-33-35-36-37-38-39-40-42-43-45-47-49-52-55-58-61-64-67-70-76(79)82-73-74(72-81-75(78)69-66-63-60-57-54-51-24-21-18-15-12-9-6-3)83-77(80)71-68-65-62-59-56-53-50-48-46-44-41-34-32-30-28-26-23-20-17-14-11-8-5-2/h23,26,30,32,41,44,74H,4-22,24-25,27-29,31,33-40,42-43,45-73H2,1-3H3/b26-23-,32-30-,44-41-. The Morgan fingerprint density at radius 3 is 0.675 bits per heavy atom. The highest BCUT2D eigenvalue weighted by Gasteiger charge is 2.20. The Morgan fingerprint density at radius 2 is 0.434 bits per heavy atom. The molecule has 0 aliphatic heterocycles. The largest absolute Gasteiger partial charge is 0.462 e. The molecule has 0 heterocycles. The van der Waals surface area contributed by atoms with Crippen molar-refractivity contribution >= 4 is 17.9 Å². The molecule has 6 heteroatoms. The van der Waals surface area contributed by atoms with E-state index in [4.69, 9.17) is 14.2 Å². The van der Waals surface area contributed by atoms with Crippen LogP contribution in [0.5, 0.6) is 0 Å². The maximum Gasteiger partial charge on any atom is 0.306 e. The first-order chi connectivity index (χ1) is 41.0. The first-order valence-electron chi connectivity index (χ1n) is 37.5. The molecule has 0 aromatic rings. The smallest absolute Gasteiger partial charge is 0.306 e. The normalized spacial score (nSPS) is 12.2. The van der Waals surface area contributed by atoms with Crippen molar-refractivity contribution in [2.24, 2.45) is 0 Å². The van der Waals surface area contributed by atoms with Crippen molar-refractivity contribution in [3.8, 4) is 0 Å². The van der Waals surface area contributed by atoms with Crippen LogP contribution in [-0.2, 0) is 28.6 Å². The average molecular weight is 1170 g/mol. The second-order valence-corrected chi connectivity index (χ2v) is 25.6. The van der Waals surface area contributed by atoms with Gasteiger partial charge < -0.3 is 14.2 Å². The van der Waals surface area contributed by atoms with E-state index in [1.807, 2.05) is 0 Å². The summed E-state index contributed by atoms with van der Waals surface area (Å²) in [5.41, 5.74) is 0. The van der Waals surface area contributed by atoms with E-state index >= 15 is 0 Å². The Morgan fingerprint density at radius 1 is 0.241 bits per heavy atom. The van der Waals surface area contributed by atoms with Gasteiger partial charge in [-0.2, -0.15) is 0 Å². The number of ether oxygens (including phenoxy) is 3. The number of allylic oxidation sites excluding steroid dienone is 6. The maximum absolute atomic E-state index is 13.0. The molecule has 0 saturated carbocycles. The van der Waals surface area contributed by atoms with Gasteiger partial charge in [-0.15, -0.1) is 0 Å². The fourth-order valence-electron chi connectivity index (χ4n) is 11.5. The highest BCUT2D eigenvalue weighted by molar-refractivity contribution is 5.71. The summed E-state index contributed by atoms with van der Waals surface area (Å²) in [5, 5.41) is 0. The molecule has 6 nitrogen and oxygen atoms in total. The molecule has 0 rings (SSSR count). The molecule has 488 valence electrons. The molecule has 0 saturated heterocycles. The quantitative estimate of drug-likeness (QED) is 0.0261. The van der Waals surface area contributed by atoms with Crippen LogP contribution in [0.1, 0.15) is 419 Å². The summed E-state index contributed by atoms with van der Waals surface area (Å²) in [6.07, 6.45) is 90.5. The molecule has 83 heavy (non-hydrogen) atoms. The monoisotopic (exact) mass is 1170 g/mol. The van der Waals surface area contributed by atoms with Crippen molar-refractivity contribution < 1.29 is 28.6 Å². The van der Waals surface area contributed by atoms with E-state index < -0.39 is 6.10 Å². The van der Waals surface area contributed by atoms with Crippen LogP contribution in [0.3, 0.4) is 0 Å². The second-order valence-electron chi connectivity index (χ2n) is 25.6. The van der Waals surface area contributed by atoms with E-state index in [-0.39, 0.29) is 31.1 Å². The molecule has 0 aliphatic carbocycles. The summed E-state index contributed by atoms with van der Waals surface area (Å²) in [4.78, 5) is 38.5. The van der Waals surface area contributed by atoms with Gasteiger partial charge in [0.2, 0.25) is 0 Å². The van der Waals surface area contributed by atoms with Gasteiger partial charge in [0.15, 0.2) is 6.10 Å². The molecule has 1 unspecified atom stereocenters. The molecule has 0 bridgehead atoms. The number of unbranched alkanes of at least 4 members (excludes halogenated alkanes) is 53. The summed E-state index contributed by atoms with van der Waals surface area (Å²) < 4.78 is 17.0. The first kappa shape index (κ1) is 80.6. The second kappa shape index (κ2) is 72.1. The zero-order valence-corrected chi connectivity index (χ0v) is 56.2. The maximum atomic E-state index is 13.0. The van der Waals surface area contributed by atoms with Crippen molar-refractivity contribution in [1.29, 1.82) is 0 Å². The fourth-order valence-corrected chi connectivity index (χ4v) is 11.5. The predicted molar refractivity (Wildman–Crippen MR) is 362 cm³/mol. The van der Waals surface area contributed by atoms with Gasteiger partial charge in [-0.3, -0.25) is 14.4 Å². The van der Waals surface area contributed by atoms with Crippen molar-refractivity contribution in [2.45, 2.75) is 425 Å². The number of carbonyl (C=O) groups is 3. The third-order valence-electron chi connectivity index (χ3n) is 17.1. The van der Waals surface area contributed by atoms with E-state index in [9.17, 15) is 14.4 Å². The van der Waals surface area contributed by atoms with Crippen LogP contribution in [0.2, 0.25) is 0 Å². The average Bonchev–Trinajstić information content (AvgIpc) is 3.49. The molecular formula is C77H144O6. The molecule has 1 atom stereocenters. The summed E-state index contributed by atoms with van der Waals surface area (Å²) in [5.74, 6) is -0.845. The molecule has 0 aromatic carbocycles. The van der Waals surface area contributed by atoms with Gasteiger partial charge in [0.05, 0.1) is 0 Å². The Labute approximate surface area is 518 Å². The summed E-state index contributed by atoms with van der Waals surface area (Å²) in [6, 6.07) is 0. The van der Waals surface area contributed by atoms with Crippen LogP contribution in [0.4, 0.5) is 0 Å². The van der Waals surface area contributed by atoms with Gasteiger partial charge in [-0.05, 0) is 57.8 Å². The zero-order chi connectivity index (χ0) is 59.9. The fraction of sp³-hybridized carbons (Fsp3) is 0.883. The van der Waals surface area contributed by atoms with Crippen LogP contribution in [0, 0.1) is 0 Å². The van der Waals surface area contributed by atoms with Crippen LogP contribution in [0.15, 0.2) is 36.5 Å². The molecule has 0 fully saturated rings. The lowest BCUT2D eigenvalue weighted by Crippen LogP contribution is -2.30. The zero-order valence-electron chi connectivity index (χ0n) is 56.2. The number of rotatable bonds is 70. The Bertz CT molecular complexity index is 1380. The van der Waals surface area contributed by atoms with Crippen molar-refractivity contribution in [1.82, 2.24) is 0 Å². The van der Waals surface area contributed by atoms with E-state index in [0.29, 0.717) is 19.3 Å². The number of hydrogen-bond acceptors (Lipinski definition) is 6. The predicted octanol–water partition coefficient (Wildman–Crippen LogP) is 25.9. The summed E-state index contributed by atoms with van der Waals surface area (Å²) in [7, 11) is 0. The Hall–Kier alpha value is -2.37. The van der Waals surface area contributed by atoms with Crippen molar-refractivity contribution in [3.63, 3.8) is 0 Å². The molecule has 0 radical (unpaired) electrons. The highest BCUT2D eigenvalue weighted by atomic mass is 16.6. The van der Waals surface area contributed by atoms with Crippen LogP contribution >= 0.6 is 0 Å². The van der Waals surface area contributed by atoms with Crippen LogP contribution < -0.4 is 0 Å². The number of hydrogen-bond donors (Lipinski definition) is 0. The minimum atomic E-state index is -0.774. The molecule has 0 aliphatic rings. The lowest BCUT2D eigenvalue weighted by molar-refractivity contribution is -0.167. The minimum absolute atomic E-state index is 0.0692. The lowest BCUT2D eigenvalue weighted by atomic mass is 10.0. The van der Waals surface area contributed by atoms with Crippen molar-refractivity contribution in [3.05, 3.63) is 36.5 Å². The topological polar surface area (TPSA) is 78.9 Å².